The third-order valence-corrected chi connectivity index (χ3v) is 10.5. The van der Waals surface area contributed by atoms with Crippen LogP contribution in [0.25, 0.3) is 0 Å². The van der Waals surface area contributed by atoms with Crippen LogP contribution in [-0.4, -0.2) is 25.2 Å². The molecule has 0 spiro atoms. The second-order valence-electron chi connectivity index (χ2n) is 11.2. The minimum atomic E-state index is 0.512. The van der Waals surface area contributed by atoms with Gasteiger partial charge in [-0.05, 0) is 72.0 Å². The number of rotatable bonds is 5. The highest BCUT2D eigenvalue weighted by molar-refractivity contribution is 5.14. The van der Waals surface area contributed by atoms with E-state index >= 15 is 0 Å². The molecule has 0 aromatic rings. The molecule has 4 fully saturated rings. The molecule has 2 heteroatoms. The molecule has 0 saturated heterocycles. The number of fused-ring (bicyclic) bond motifs is 4. The van der Waals surface area contributed by atoms with Gasteiger partial charge in [-0.2, -0.15) is 0 Å². The SMILES string of the molecule is CC1(C)[C@@H]2CC[C@@]1(C)[C@@H](NCCN[C@@H]1C[C@@H]3CC[C@@]1(C)C3(C)C)C2. The third kappa shape index (κ3) is 2.02. The molecule has 4 aliphatic rings. The van der Waals surface area contributed by atoms with E-state index in [2.05, 4.69) is 52.2 Å². The first-order valence-electron chi connectivity index (χ1n) is 10.6. The summed E-state index contributed by atoms with van der Waals surface area (Å²) in [5.74, 6) is 1.89. The van der Waals surface area contributed by atoms with E-state index in [1.54, 1.807) is 0 Å². The van der Waals surface area contributed by atoms with Crippen LogP contribution in [0, 0.1) is 33.5 Å². The fourth-order valence-corrected chi connectivity index (χ4v) is 7.52. The lowest BCUT2D eigenvalue weighted by molar-refractivity contribution is 0.115. The molecule has 4 bridgehead atoms. The minimum Gasteiger partial charge on any atom is -0.312 e. The van der Waals surface area contributed by atoms with Crippen molar-refractivity contribution in [2.75, 3.05) is 13.1 Å². The molecule has 2 nitrogen and oxygen atoms in total. The highest BCUT2D eigenvalue weighted by Gasteiger charge is 2.62. The average molecular weight is 333 g/mol. The lowest BCUT2D eigenvalue weighted by atomic mass is 9.69. The molecule has 6 atom stereocenters. The summed E-state index contributed by atoms with van der Waals surface area (Å²) in [5.41, 5.74) is 2.08. The first kappa shape index (κ1) is 17.3. The second kappa shape index (κ2) is 5.22. The molecule has 4 saturated carbocycles. The maximum absolute atomic E-state index is 3.95. The third-order valence-electron chi connectivity index (χ3n) is 10.5. The lowest BCUT2D eigenvalue weighted by Gasteiger charge is -2.41. The fourth-order valence-electron chi connectivity index (χ4n) is 7.52. The van der Waals surface area contributed by atoms with Crippen molar-refractivity contribution in [1.82, 2.24) is 10.6 Å². The van der Waals surface area contributed by atoms with E-state index in [1.165, 1.54) is 38.5 Å². The number of hydrogen-bond acceptors (Lipinski definition) is 2. The van der Waals surface area contributed by atoms with Gasteiger partial charge in [-0.3, -0.25) is 0 Å². The zero-order chi connectivity index (χ0) is 17.4. The van der Waals surface area contributed by atoms with E-state index in [4.69, 9.17) is 0 Å². The van der Waals surface area contributed by atoms with Crippen molar-refractivity contribution in [3.8, 4) is 0 Å². The van der Waals surface area contributed by atoms with Gasteiger partial charge in [0.05, 0.1) is 0 Å². The molecule has 0 aliphatic heterocycles. The Hall–Kier alpha value is -0.0800. The van der Waals surface area contributed by atoms with Crippen molar-refractivity contribution < 1.29 is 0 Å². The summed E-state index contributed by atoms with van der Waals surface area (Å²) in [6, 6.07) is 1.47. The standard InChI is InChI=1S/C22H40N2/c1-19(2)15-7-9-21(19,5)17(13-15)23-11-12-24-18-14-16-8-10-22(18,6)20(16,3)4/h15-18,23-24H,7-14H2,1-6H3/t15-,16+,17+,18-,21+,22-. The summed E-state index contributed by atoms with van der Waals surface area (Å²) in [6.45, 7) is 17.4. The molecule has 0 aromatic heterocycles. The Morgan fingerprint density at radius 2 is 1.04 bits per heavy atom. The Labute approximate surface area is 149 Å². The molecular formula is C22H40N2. The van der Waals surface area contributed by atoms with Crippen LogP contribution in [-0.2, 0) is 0 Å². The molecule has 4 aliphatic carbocycles. The van der Waals surface area contributed by atoms with Crippen LogP contribution in [0.3, 0.4) is 0 Å². The van der Waals surface area contributed by atoms with Crippen LogP contribution in [0.5, 0.6) is 0 Å². The first-order chi connectivity index (χ1) is 11.1. The van der Waals surface area contributed by atoms with Gasteiger partial charge in [-0.1, -0.05) is 41.5 Å². The van der Waals surface area contributed by atoms with Gasteiger partial charge in [0, 0.05) is 25.2 Å². The minimum absolute atomic E-state index is 0.512. The van der Waals surface area contributed by atoms with Gasteiger partial charge in [-0.25, -0.2) is 0 Å². The summed E-state index contributed by atoms with van der Waals surface area (Å²) in [5, 5.41) is 7.90. The molecular weight excluding hydrogens is 292 g/mol. The lowest BCUT2D eigenvalue weighted by Crippen LogP contribution is -2.49. The summed E-state index contributed by atoms with van der Waals surface area (Å²) >= 11 is 0. The van der Waals surface area contributed by atoms with E-state index in [1.807, 2.05) is 0 Å². The fraction of sp³-hybridized carbons (Fsp3) is 1.00. The van der Waals surface area contributed by atoms with Crippen LogP contribution in [0.15, 0.2) is 0 Å². The van der Waals surface area contributed by atoms with E-state index < -0.39 is 0 Å². The molecule has 2 N–H and O–H groups in total. The molecule has 4 rings (SSSR count). The van der Waals surface area contributed by atoms with Crippen LogP contribution in [0.4, 0.5) is 0 Å². The monoisotopic (exact) mass is 332 g/mol. The smallest absolute Gasteiger partial charge is 0.0129 e. The topological polar surface area (TPSA) is 24.1 Å². The predicted molar refractivity (Wildman–Crippen MR) is 102 cm³/mol. The highest BCUT2D eigenvalue weighted by atomic mass is 15.0. The van der Waals surface area contributed by atoms with Gasteiger partial charge in [-0.15, -0.1) is 0 Å². The summed E-state index contributed by atoms with van der Waals surface area (Å²) in [6.07, 6.45) is 8.56. The Bertz CT molecular complexity index is 464. The Balaban J connectivity index is 1.28. The van der Waals surface area contributed by atoms with Gasteiger partial charge < -0.3 is 10.6 Å². The average Bonchev–Trinajstić information content (AvgIpc) is 3.02. The first-order valence-corrected chi connectivity index (χ1v) is 10.6. The van der Waals surface area contributed by atoms with Crippen molar-refractivity contribution in [1.29, 1.82) is 0 Å². The normalized spacial score (nSPS) is 50.8. The Kier molecular flexibility index (Phi) is 3.77. The van der Waals surface area contributed by atoms with Crippen LogP contribution in [0.2, 0.25) is 0 Å². The number of nitrogens with one attached hydrogen (secondary N) is 2. The largest absolute Gasteiger partial charge is 0.312 e. The van der Waals surface area contributed by atoms with Crippen LogP contribution >= 0.6 is 0 Å². The molecule has 0 amide bonds. The highest BCUT2D eigenvalue weighted by Crippen LogP contribution is 2.66. The van der Waals surface area contributed by atoms with Crippen molar-refractivity contribution >= 4 is 0 Å². The Morgan fingerprint density at radius 1 is 0.667 bits per heavy atom. The van der Waals surface area contributed by atoms with Crippen molar-refractivity contribution in [3.05, 3.63) is 0 Å². The zero-order valence-electron chi connectivity index (χ0n) is 17.0. The van der Waals surface area contributed by atoms with Gasteiger partial charge in [0.1, 0.15) is 0 Å². The summed E-state index contributed by atoms with van der Waals surface area (Å²) < 4.78 is 0. The van der Waals surface area contributed by atoms with Crippen molar-refractivity contribution in [2.24, 2.45) is 33.5 Å². The molecule has 0 aromatic carbocycles. The van der Waals surface area contributed by atoms with E-state index in [9.17, 15) is 0 Å². The second-order valence-corrected chi connectivity index (χ2v) is 11.2. The molecule has 0 heterocycles. The van der Waals surface area contributed by atoms with Crippen molar-refractivity contribution in [3.63, 3.8) is 0 Å². The van der Waals surface area contributed by atoms with Gasteiger partial charge >= 0.3 is 0 Å². The number of hydrogen-bond donors (Lipinski definition) is 2. The van der Waals surface area contributed by atoms with Crippen LogP contribution in [0.1, 0.15) is 80.1 Å². The maximum Gasteiger partial charge on any atom is 0.0129 e. The summed E-state index contributed by atoms with van der Waals surface area (Å²) in [4.78, 5) is 0. The van der Waals surface area contributed by atoms with E-state index in [0.29, 0.717) is 21.7 Å². The predicted octanol–water partition coefficient (Wildman–Crippen LogP) is 4.60. The van der Waals surface area contributed by atoms with E-state index in [0.717, 1.165) is 37.0 Å². The van der Waals surface area contributed by atoms with Gasteiger partial charge in [0.2, 0.25) is 0 Å². The van der Waals surface area contributed by atoms with Crippen LogP contribution < -0.4 is 10.6 Å². The molecule has 24 heavy (non-hydrogen) atoms. The summed E-state index contributed by atoms with van der Waals surface area (Å²) in [7, 11) is 0. The molecule has 0 unspecified atom stereocenters. The Morgan fingerprint density at radius 3 is 1.29 bits per heavy atom. The van der Waals surface area contributed by atoms with Crippen molar-refractivity contribution in [2.45, 2.75) is 92.2 Å². The van der Waals surface area contributed by atoms with Gasteiger partial charge in [0.25, 0.3) is 0 Å². The molecule has 138 valence electrons. The quantitative estimate of drug-likeness (QED) is 0.719. The molecule has 0 radical (unpaired) electrons. The zero-order valence-corrected chi connectivity index (χ0v) is 17.0. The van der Waals surface area contributed by atoms with E-state index in [-0.39, 0.29) is 0 Å². The maximum atomic E-state index is 3.95. The van der Waals surface area contributed by atoms with Gasteiger partial charge in [0.15, 0.2) is 0 Å².